The van der Waals surface area contributed by atoms with Crippen molar-refractivity contribution in [1.82, 2.24) is 9.55 Å². The van der Waals surface area contributed by atoms with Crippen LogP contribution in [0.5, 0.6) is 0 Å². The lowest BCUT2D eigenvalue weighted by Crippen LogP contribution is -2.43. The van der Waals surface area contributed by atoms with Crippen molar-refractivity contribution in [2.24, 2.45) is 0 Å². The Labute approximate surface area is 106 Å². The zero-order valence-electron chi connectivity index (χ0n) is 9.96. The van der Waals surface area contributed by atoms with Crippen LogP contribution in [0.15, 0.2) is 11.0 Å². The van der Waals surface area contributed by atoms with Crippen LogP contribution in [-0.4, -0.2) is 44.2 Å². The van der Waals surface area contributed by atoms with Crippen molar-refractivity contribution in [2.45, 2.75) is 31.0 Å². The van der Waals surface area contributed by atoms with E-state index in [9.17, 15) is 18.7 Å². The van der Waals surface area contributed by atoms with E-state index in [0.29, 0.717) is 10.8 Å². The lowest BCUT2D eigenvalue weighted by molar-refractivity contribution is -0.0614. The average molecular weight is 277 g/mol. The van der Waals surface area contributed by atoms with Gasteiger partial charge in [-0.15, -0.1) is 0 Å². The quantitative estimate of drug-likeness (QED) is 0.635. The van der Waals surface area contributed by atoms with Crippen LogP contribution in [0, 0.1) is 5.82 Å². The summed E-state index contributed by atoms with van der Waals surface area (Å²) >= 11 is 0. The molecule has 1 aliphatic heterocycles. The molecule has 0 unspecified atom stereocenters. The first kappa shape index (κ1) is 13.8. The van der Waals surface area contributed by atoms with Gasteiger partial charge in [-0.25, -0.2) is 13.6 Å². The third-order valence-electron chi connectivity index (χ3n) is 3.08. The molecule has 0 aromatic carbocycles. The number of aliphatic hydroxyl groups is 2. The third-order valence-corrected chi connectivity index (χ3v) is 3.08. The van der Waals surface area contributed by atoms with Crippen LogP contribution in [0.4, 0.5) is 14.6 Å². The second-order valence-electron chi connectivity index (χ2n) is 4.47. The van der Waals surface area contributed by atoms with Crippen LogP contribution >= 0.6 is 0 Å². The summed E-state index contributed by atoms with van der Waals surface area (Å²) in [6, 6.07) is 0. The molecule has 0 radical (unpaired) electrons. The molecule has 0 spiro atoms. The van der Waals surface area contributed by atoms with E-state index in [1.54, 1.807) is 0 Å². The van der Waals surface area contributed by atoms with E-state index in [1.165, 1.54) is 0 Å². The molecule has 4 N–H and O–H groups in total. The predicted octanol–water partition coefficient (Wildman–Crippen LogP) is -1.06. The fourth-order valence-electron chi connectivity index (χ4n) is 1.99. The fraction of sp³-hybridized carbons (Fsp3) is 0.600. The summed E-state index contributed by atoms with van der Waals surface area (Å²) in [4.78, 5) is 14.8. The first-order valence-corrected chi connectivity index (χ1v) is 5.46. The molecule has 1 aromatic heterocycles. The van der Waals surface area contributed by atoms with Gasteiger partial charge in [0.2, 0.25) is 0 Å². The van der Waals surface area contributed by atoms with E-state index in [4.69, 9.17) is 15.6 Å². The Morgan fingerprint density at radius 2 is 2.32 bits per heavy atom. The maximum atomic E-state index is 14.4. The van der Waals surface area contributed by atoms with Crippen molar-refractivity contribution >= 4 is 5.82 Å². The van der Waals surface area contributed by atoms with Gasteiger partial charge in [0.15, 0.2) is 23.5 Å². The Balaban J connectivity index is 2.48. The molecule has 1 fully saturated rings. The summed E-state index contributed by atoms with van der Waals surface area (Å²) in [6.45, 7) is 0.343. The van der Waals surface area contributed by atoms with E-state index in [-0.39, 0.29) is 0 Å². The number of aromatic nitrogens is 2. The van der Waals surface area contributed by atoms with E-state index in [0.717, 1.165) is 6.92 Å². The highest BCUT2D eigenvalue weighted by atomic mass is 19.1. The van der Waals surface area contributed by atoms with Crippen LogP contribution in [0.1, 0.15) is 13.2 Å². The number of aliphatic hydroxyl groups excluding tert-OH is 2. The van der Waals surface area contributed by atoms with Crippen LogP contribution in [0.2, 0.25) is 0 Å². The van der Waals surface area contributed by atoms with Crippen molar-refractivity contribution in [1.29, 1.82) is 0 Å². The Kier molecular flexibility index (Phi) is 3.29. The minimum absolute atomic E-state index is 0.560. The summed E-state index contributed by atoms with van der Waals surface area (Å²) in [5, 5.41) is 18.6. The number of hydrogen-bond acceptors (Lipinski definition) is 6. The molecular weight excluding hydrogens is 264 g/mol. The smallest absolute Gasteiger partial charge is 0.351 e. The minimum atomic E-state index is -2.39. The van der Waals surface area contributed by atoms with Gasteiger partial charge in [-0.3, -0.25) is 4.57 Å². The van der Waals surface area contributed by atoms with Crippen LogP contribution < -0.4 is 11.4 Å². The zero-order chi connectivity index (χ0) is 14.4. The lowest BCUT2D eigenvalue weighted by Gasteiger charge is -2.24. The van der Waals surface area contributed by atoms with Gasteiger partial charge in [-0.1, -0.05) is 0 Å². The predicted molar refractivity (Wildman–Crippen MR) is 59.4 cm³/mol. The van der Waals surface area contributed by atoms with E-state index < -0.39 is 48.0 Å². The maximum Gasteiger partial charge on any atom is 0.351 e. The normalized spacial score (nSPS) is 34.7. The van der Waals surface area contributed by atoms with Crippen molar-refractivity contribution < 1.29 is 23.7 Å². The molecule has 0 amide bonds. The largest absolute Gasteiger partial charge is 0.394 e. The number of rotatable bonds is 2. The molecule has 19 heavy (non-hydrogen) atoms. The monoisotopic (exact) mass is 277 g/mol. The molecule has 106 valence electrons. The molecule has 4 atom stereocenters. The summed E-state index contributed by atoms with van der Waals surface area (Å²) in [6.07, 6.45) is -3.82. The zero-order valence-corrected chi connectivity index (χ0v) is 9.96. The molecule has 1 aliphatic rings. The van der Waals surface area contributed by atoms with Crippen LogP contribution in [0.25, 0.3) is 0 Å². The molecule has 1 saturated heterocycles. The highest BCUT2D eigenvalue weighted by Gasteiger charge is 2.55. The summed E-state index contributed by atoms with van der Waals surface area (Å²) in [5.74, 6) is -1.62. The minimum Gasteiger partial charge on any atom is -0.394 e. The lowest BCUT2D eigenvalue weighted by atomic mass is 9.98. The van der Waals surface area contributed by atoms with Gasteiger partial charge in [0.25, 0.3) is 0 Å². The van der Waals surface area contributed by atoms with Gasteiger partial charge in [-0.05, 0) is 6.92 Å². The SMILES string of the molecule is C[C@]1(F)[C@H](O)[C@@H](CO)O[C@H]1n1cc(F)c(N)nc1=O. The Morgan fingerprint density at radius 1 is 1.68 bits per heavy atom. The molecule has 0 aliphatic carbocycles. The van der Waals surface area contributed by atoms with Gasteiger partial charge in [0, 0.05) is 0 Å². The van der Waals surface area contributed by atoms with Crippen molar-refractivity contribution in [3.63, 3.8) is 0 Å². The highest BCUT2D eigenvalue weighted by molar-refractivity contribution is 5.26. The van der Waals surface area contributed by atoms with E-state index >= 15 is 0 Å². The van der Waals surface area contributed by atoms with Crippen molar-refractivity contribution in [3.8, 4) is 0 Å². The molecule has 1 aromatic rings. The average Bonchev–Trinajstić information content (AvgIpc) is 2.56. The number of halogens is 2. The summed E-state index contributed by atoms with van der Waals surface area (Å²) in [7, 11) is 0. The van der Waals surface area contributed by atoms with Gasteiger partial charge >= 0.3 is 5.69 Å². The van der Waals surface area contributed by atoms with Crippen molar-refractivity contribution in [3.05, 3.63) is 22.5 Å². The standard InChI is InChI=1S/C10H13F2N3O4/c1-10(12)6(17)5(3-16)19-8(10)15-2-4(11)7(13)14-9(15)18/h2,5-6,8,16-17H,3H2,1H3,(H2,13,14,18)/t5-,6-,8-,10+/m1/s1. The Morgan fingerprint density at radius 3 is 2.84 bits per heavy atom. The second kappa shape index (κ2) is 4.51. The van der Waals surface area contributed by atoms with Gasteiger partial charge in [-0.2, -0.15) is 4.98 Å². The highest BCUT2D eigenvalue weighted by Crippen LogP contribution is 2.40. The van der Waals surface area contributed by atoms with Crippen LogP contribution in [0.3, 0.4) is 0 Å². The Bertz CT molecular complexity index is 548. The number of nitrogens with zero attached hydrogens (tertiary/aromatic N) is 2. The van der Waals surface area contributed by atoms with E-state index in [1.807, 2.05) is 0 Å². The van der Waals surface area contributed by atoms with Crippen LogP contribution in [-0.2, 0) is 4.74 Å². The summed E-state index contributed by atoms with van der Waals surface area (Å²) in [5.41, 5.74) is 1.71. The molecule has 9 heteroatoms. The van der Waals surface area contributed by atoms with Crippen molar-refractivity contribution in [2.75, 3.05) is 12.3 Å². The fourth-order valence-corrected chi connectivity index (χ4v) is 1.99. The number of nitrogen functional groups attached to an aromatic ring is 1. The number of ether oxygens (including phenoxy) is 1. The maximum absolute atomic E-state index is 14.4. The molecule has 7 nitrogen and oxygen atoms in total. The van der Waals surface area contributed by atoms with Gasteiger partial charge in [0.1, 0.15) is 12.2 Å². The second-order valence-corrected chi connectivity index (χ2v) is 4.47. The first-order valence-electron chi connectivity index (χ1n) is 5.46. The molecule has 0 saturated carbocycles. The Hall–Kier alpha value is -1.58. The topological polar surface area (TPSA) is 111 Å². The number of anilines is 1. The number of hydrogen-bond donors (Lipinski definition) is 3. The number of alkyl halides is 1. The first-order chi connectivity index (χ1) is 8.78. The number of nitrogens with two attached hydrogens (primary N) is 1. The van der Waals surface area contributed by atoms with E-state index in [2.05, 4.69) is 4.98 Å². The van der Waals surface area contributed by atoms with Gasteiger partial charge < -0.3 is 20.7 Å². The molecule has 0 bridgehead atoms. The third kappa shape index (κ3) is 2.09. The molecule has 2 heterocycles. The summed E-state index contributed by atoms with van der Waals surface area (Å²) < 4.78 is 33.3. The molecule has 2 rings (SSSR count). The molecular formula is C10H13F2N3O4. The van der Waals surface area contributed by atoms with Gasteiger partial charge in [0.05, 0.1) is 12.8 Å².